The number of rotatable bonds is 9. The van der Waals surface area contributed by atoms with Gasteiger partial charge in [0.25, 0.3) is 0 Å². The summed E-state index contributed by atoms with van der Waals surface area (Å²) >= 11 is 5.31. The second-order valence-electron chi connectivity index (χ2n) is 7.54. The second-order valence-corrected chi connectivity index (χ2v) is 9.55. The fourth-order valence-corrected chi connectivity index (χ4v) is 4.70. The lowest BCUT2D eigenvalue weighted by atomic mass is 9.95. The molecule has 0 unspecified atom stereocenters. The van der Waals surface area contributed by atoms with Crippen LogP contribution < -0.4 is 4.74 Å². The Morgan fingerprint density at radius 2 is 1.53 bits per heavy atom. The molecule has 0 saturated heterocycles. The molecule has 0 aromatic heterocycles. The van der Waals surface area contributed by atoms with E-state index in [4.69, 9.17) is 9.84 Å². The second kappa shape index (κ2) is 11.7. The maximum Gasteiger partial charge on any atom is 0.341 e. The van der Waals surface area contributed by atoms with E-state index >= 15 is 0 Å². The number of hydrogen-bond donors (Lipinski definition) is 1. The lowest BCUT2D eigenvalue weighted by Crippen LogP contribution is -2.09. The molecule has 0 heterocycles. The molecule has 4 aromatic carbocycles. The van der Waals surface area contributed by atoms with Crippen LogP contribution in [-0.4, -0.2) is 23.4 Å². The van der Waals surface area contributed by atoms with E-state index in [1.165, 1.54) is 16.7 Å². The largest absolute Gasteiger partial charge is 0.482 e. The van der Waals surface area contributed by atoms with Crippen molar-refractivity contribution < 1.29 is 14.6 Å². The van der Waals surface area contributed by atoms with Gasteiger partial charge in [0.05, 0.1) is 0 Å². The van der Waals surface area contributed by atoms with E-state index in [0.29, 0.717) is 5.75 Å². The van der Waals surface area contributed by atoms with Crippen LogP contribution in [0.2, 0.25) is 0 Å². The maximum atomic E-state index is 10.7. The van der Waals surface area contributed by atoms with Gasteiger partial charge in [-0.25, -0.2) is 4.79 Å². The number of benzene rings is 4. The summed E-state index contributed by atoms with van der Waals surface area (Å²) in [6.45, 7) is -0.339. The summed E-state index contributed by atoms with van der Waals surface area (Å²) in [6.07, 6.45) is 2.25. The van der Waals surface area contributed by atoms with Gasteiger partial charge in [-0.05, 0) is 64.2 Å². The first-order chi connectivity index (χ1) is 16.6. The Morgan fingerprint density at radius 3 is 2.21 bits per heavy atom. The van der Waals surface area contributed by atoms with Crippen molar-refractivity contribution in [1.82, 2.24) is 0 Å². The van der Waals surface area contributed by atoms with Gasteiger partial charge in [0, 0.05) is 15.1 Å². The van der Waals surface area contributed by atoms with Gasteiger partial charge < -0.3 is 9.84 Å². The highest BCUT2D eigenvalue weighted by molar-refractivity contribution is 9.10. The zero-order chi connectivity index (χ0) is 23.8. The molecule has 34 heavy (non-hydrogen) atoms. The van der Waals surface area contributed by atoms with Crippen molar-refractivity contribution in [2.24, 2.45) is 0 Å². The van der Waals surface area contributed by atoms with Crippen LogP contribution in [0.5, 0.6) is 5.75 Å². The van der Waals surface area contributed by atoms with Gasteiger partial charge in [-0.3, -0.25) is 0 Å². The number of thioether (sulfide) groups is 1. The van der Waals surface area contributed by atoms with Crippen molar-refractivity contribution in [3.05, 3.63) is 125 Å². The minimum Gasteiger partial charge on any atom is -0.482 e. The van der Waals surface area contributed by atoms with E-state index < -0.39 is 5.97 Å². The molecule has 4 rings (SSSR count). The molecule has 0 amide bonds. The van der Waals surface area contributed by atoms with Crippen molar-refractivity contribution >= 4 is 39.2 Å². The summed E-state index contributed by atoms with van der Waals surface area (Å²) in [4.78, 5) is 11.7. The predicted octanol–water partition coefficient (Wildman–Crippen LogP) is 7.80. The van der Waals surface area contributed by atoms with Crippen molar-refractivity contribution in [2.75, 3.05) is 12.4 Å². The first kappa shape index (κ1) is 23.9. The molecule has 0 aliphatic heterocycles. The summed E-state index contributed by atoms with van der Waals surface area (Å²) in [5.74, 6) is 0.355. The smallest absolute Gasteiger partial charge is 0.341 e. The Balaban J connectivity index is 1.53. The van der Waals surface area contributed by atoms with Crippen molar-refractivity contribution in [3.63, 3.8) is 0 Å². The molecule has 0 fully saturated rings. The van der Waals surface area contributed by atoms with Crippen LogP contribution >= 0.6 is 27.7 Å². The zero-order valence-corrected chi connectivity index (χ0v) is 20.8. The van der Waals surface area contributed by atoms with Gasteiger partial charge in [-0.15, -0.1) is 11.8 Å². The van der Waals surface area contributed by atoms with Crippen LogP contribution in [0.25, 0.3) is 16.7 Å². The average molecular weight is 531 g/mol. The third-order valence-corrected chi connectivity index (χ3v) is 6.59. The fourth-order valence-electron chi connectivity index (χ4n) is 3.53. The monoisotopic (exact) mass is 530 g/mol. The first-order valence-corrected chi connectivity index (χ1v) is 12.6. The molecule has 0 aliphatic rings. The van der Waals surface area contributed by atoms with Crippen LogP contribution in [0.1, 0.15) is 11.1 Å². The summed E-state index contributed by atoms with van der Waals surface area (Å²) < 4.78 is 6.25. The quantitative estimate of drug-likeness (QED) is 0.224. The minimum absolute atomic E-state index is 0.339. The van der Waals surface area contributed by atoms with Crippen molar-refractivity contribution in [2.45, 2.75) is 4.90 Å². The number of halogens is 1. The lowest BCUT2D eigenvalue weighted by molar-refractivity contribution is -0.139. The Hall–Kier alpha value is -3.28. The van der Waals surface area contributed by atoms with E-state index in [1.54, 1.807) is 23.9 Å². The number of aliphatic carboxylic acids is 1. The molecule has 0 spiro atoms. The normalized spacial score (nSPS) is 11.3. The molecule has 0 saturated carbocycles. The van der Waals surface area contributed by atoms with Crippen LogP contribution in [0, 0.1) is 0 Å². The van der Waals surface area contributed by atoms with Crippen LogP contribution in [-0.2, 0) is 4.79 Å². The van der Waals surface area contributed by atoms with Gasteiger partial charge in [0.1, 0.15) is 5.75 Å². The van der Waals surface area contributed by atoms with E-state index in [1.807, 2.05) is 24.3 Å². The van der Waals surface area contributed by atoms with Gasteiger partial charge in [0.15, 0.2) is 6.61 Å². The molecule has 5 heteroatoms. The number of carbonyl (C=O) groups is 1. The molecule has 0 atom stereocenters. The van der Waals surface area contributed by atoms with Gasteiger partial charge >= 0.3 is 5.97 Å². The van der Waals surface area contributed by atoms with Crippen molar-refractivity contribution in [1.29, 1.82) is 0 Å². The highest BCUT2D eigenvalue weighted by atomic mass is 79.9. The van der Waals surface area contributed by atoms with Crippen LogP contribution in [0.15, 0.2) is 119 Å². The first-order valence-electron chi connectivity index (χ1n) is 10.8. The molecule has 4 aromatic rings. The Labute approximate surface area is 212 Å². The molecule has 3 nitrogen and oxygen atoms in total. The Morgan fingerprint density at radius 1 is 0.824 bits per heavy atom. The predicted molar refractivity (Wildman–Crippen MR) is 143 cm³/mol. The molecule has 0 aliphatic carbocycles. The molecule has 0 radical (unpaired) electrons. The summed E-state index contributed by atoms with van der Waals surface area (Å²) in [5, 5.41) is 8.74. The van der Waals surface area contributed by atoms with Crippen molar-refractivity contribution in [3.8, 4) is 16.9 Å². The molecular weight excluding hydrogens is 508 g/mol. The van der Waals surface area contributed by atoms with E-state index in [-0.39, 0.29) is 6.61 Å². The zero-order valence-electron chi connectivity index (χ0n) is 18.4. The average Bonchev–Trinajstić information content (AvgIpc) is 2.87. The summed E-state index contributed by atoms with van der Waals surface area (Å²) in [6, 6.07) is 34.9. The highest BCUT2D eigenvalue weighted by Crippen LogP contribution is 2.30. The Kier molecular flexibility index (Phi) is 8.23. The van der Waals surface area contributed by atoms with E-state index in [9.17, 15) is 4.79 Å². The SMILES string of the molecule is O=C(O)COc1ccc(SC/C=C(/c2ccc(-c3ccccc3)cc2)c2cccc(Br)c2)cc1. The number of carboxylic acids is 1. The molecule has 0 bridgehead atoms. The summed E-state index contributed by atoms with van der Waals surface area (Å²) in [7, 11) is 0. The van der Waals surface area contributed by atoms with E-state index in [0.717, 1.165) is 26.2 Å². The van der Waals surface area contributed by atoms with Gasteiger partial charge in [-0.1, -0.05) is 88.7 Å². The van der Waals surface area contributed by atoms with Crippen LogP contribution in [0.3, 0.4) is 0 Å². The molecule has 170 valence electrons. The fraction of sp³-hybridized carbons (Fsp3) is 0.0690. The minimum atomic E-state index is -0.986. The van der Waals surface area contributed by atoms with Crippen LogP contribution in [0.4, 0.5) is 0 Å². The highest BCUT2D eigenvalue weighted by Gasteiger charge is 2.07. The topological polar surface area (TPSA) is 46.5 Å². The Bertz CT molecular complexity index is 1270. The third kappa shape index (κ3) is 6.62. The standard InChI is InChI=1S/C29H23BrO3S/c30-25-8-4-7-24(19-25)28(23-11-9-22(10-12-23)21-5-2-1-3-6-21)17-18-34-27-15-13-26(14-16-27)33-20-29(31)32/h1-17,19H,18,20H2,(H,31,32)/b28-17-. The maximum absolute atomic E-state index is 10.7. The van der Waals surface area contributed by atoms with Gasteiger partial charge in [-0.2, -0.15) is 0 Å². The number of carboxylic acid groups (broad SMARTS) is 1. The molecule has 1 N–H and O–H groups in total. The molecular formula is C29H23BrO3S. The number of hydrogen-bond acceptors (Lipinski definition) is 3. The summed E-state index contributed by atoms with van der Waals surface area (Å²) in [5.41, 5.74) is 5.89. The number of ether oxygens (including phenoxy) is 1. The lowest BCUT2D eigenvalue weighted by Gasteiger charge is -2.11. The van der Waals surface area contributed by atoms with Gasteiger partial charge in [0.2, 0.25) is 0 Å². The third-order valence-electron chi connectivity index (χ3n) is 5.16. The van der Waals surface area contributed by atoms with E-state index in [2.05, 4.69) is 88.7 Å².